The molecule has 3 rings (SSSR count). The standard InChI is InChI=1S/C18H23FN2O6S/c1-27-11-13-3-2-7-21(13)28(25,26)14-4-5-16-15(9-14)17(23)18(24)20(16)8-6-12(19)10-22/h4-5,9,12-13,22H,2-3,6-8,10-11H2,1H3/t12-,13-/m0/s1/i19-1. The van der Waals surface area contributed by atoms with Crippen LogP contribution in [0.3, 0.4) is 0 Å². The van der Waals surface area contributed by atoms with Crippen LogP contribution in [0.4, 0.5) is 10.1 Å². The smallest absolute Gasteiger partial charge is 0.299 e. The summed E-state index contributed by atoms with van der Waals surface area (Å²) >= 11 is 0. The molecule has 1 aromatic rings. The van der Waals surface area contributed by atoms with E-state index in [9.17, 15) is 22.4 Å². The first-order valence-corrected chi connectivity index (χ1v) is 10.5. The molecule has 0 saturated carbocycles. The number of aliphatic hydroxyl groups is 1. The lowest BCUT2D eigenvalue weighted by molar-refractivity contribution is -0.114. The average Bonchev–Trinajstić information content (AvgIpc) is 3.24. The quantitative estimate of drug-likeness (QED) is 0.631. The molecule has 1 N–H and O–H groups in total. The van der Waals surface area contributed by atoms with Crippen molar-refractivity contribution in [2.75, 3.05) is 38.3 Å². The fourth-order valence-electron chi connectivity index (χ4n) is 3.64. The molecular weight excluding hydrogens is 390 g/mol. The molecule has 1 aromatic carbocycles. The topological polar surface area (TPSA) is 104 Å². The molecule has 0 aromatic heterocycles. The van der Waals surface area contributed by atoms with Crippen LogP contribution in [0, 0.1) is 0 Å². The molecule has 2 heterocycles. The third-order valence-corrected chi connectivity index (χ3v) is 7.04. The predicted octanol–water partition coefficient (Wildman–Crippen LogP) is 0.736. The SMILES string of the molecule is COC[C@@H]1CCCN1S(=O)(=O)c1ccc2c(c1)C(=O)C(=O)N2CC[C@H]([18F])CO. The van der Waals surface area contributed by atoms with Crippen LogP contribution in [0.1, 0.15) is 29.6 Å². The van der Waals surface area contributed by atoms with E-state index in [0.29, 0.717) is 13.0 Å². The van der Waals surface area contributed by atoms with Gasteiger partial charge in [0.15, 0.2) is 0 Å². The number of carbonyl (C=O) groups is 2. The van der Waals surface area contributed by atoms with Crippen molar-refractivity contribution in [1.29, 1.82) is 0 Å². The minimum Gasteiger partial charge on any atom is -0.393 e. The number of fused-ring (bicyclic) bond motifs is 1. The Hall–Kier alpha value is -1.88. The summed E-state index contributed by atoms with van der Waals surface area (Å²) in [5, 5.41) is 8.79. The van der Waals surface area contributed by atoms with Crippen LogP contribution in [0.15, 0.2) is 23.1 Å². The van der Waals surface area contributed by atoms with Crippen molar-refractivity contribution in [3.8, 4) is 0 Å². The number of Topliss-reactive ketones (excluding diaryl/α,β-unsaturated/α-hetero) is 1. The minimum absolute atomic E-state index is 0.00651. The largest absolute Gasteiger partial charge is 0.393 e. The van der Waals surface area contributed by atoms with E-state index in [4.69, 9.17) is 9.84 Å². The molecule has 0 unspecified atom stereocenters. The summed E-state index contributed by atoms with van der Waals surface area (Å²) in [7, 11) is -2.33. The molecule has 0 bridgehead atoms. The second-order valence-electron chi connectivity index (χ2n) is 6.90. The van der Waals surface area contributed by atoms with Gasteiger partial charge in [0, 0.05) is 26.2 Å². The maximum atomic E-state index is 13.3. The summed E-state index contributed by atoms with van der Waals surface area (Å²) in [5.41, 5.74) is 0.252. The molecule has 28 heavy (non-hydrogen) atoms. The number of amides is 1. The van der Waals surface area contributed by atoms with Gasteiger partial charge >= 0.3 is 0 Å². The molecule has 2 atom stereocenters. The summed E-state index contributed by atoms with van der Waals surface area (Å²) in [6, 6.07) is 3.70. The van der Waals surface area contributed by atoms with Crippen LogP contribution in [0.2, 0.25) is 0 Å². The highest BCUT2D eigenvalue weighted by Crippen LogP contribution is 2.33. The number of alkyl halides is 1. The van der Waals surface area contributed by atoms with Crippen molar-refractivity contribution >= 4 is 27.4 Å². The van der Waals surface area contributed by atoms with Crippen molar-refractivity contribution in [2.24, 2.45) is 0 Å². The molecule has 8 nitrogen and oxygen atoms in total. The van der Waals surface area contributed by atoms with Gasteiger partial charge in [0.1, 0.15) is 6.17 Å². The monoisotopic (exact) mass is 413 g/mol. The lowest BCUT2D eigenvalue weighted by Gasteiger charge is -2.24. The number of sulfonamides is 1. The number of halogens is 1. The van der Waals surface area contributed by atoms with Crippen LogP contribution >= 0.6 is 0 Å². The normalized spacial score (nSPS) is 21.4. The van der Waals surface area contributed by atoms with E-state index in [-0.39, 0.29) is 41.8 Å². The van der Waals surface area contributed by atoms with Gasteiger partial charge in [-0.2, -0.15) is 4.31 Å². The van der Waals surface area contributed by atoms with Crippen LogP contribution < -0.4 is 4.90 Å². The Kier molecular flexibility index (Phi) is 6.13. The van der Waals surface area contributed by atoms with Gasteiger partial charge in [-0.3, -0.25) is 9.59 Å². The van der Waals surface area contributed by atoms with E-state index >= 15 is 0 Å². The number of nitrogens with zero attached hydrogens (tertiary/aromatic N) is 2. The minimum atomic E-state index is -3.84. The third kappa shape index (κ3) is 3.69. The first-order valence-electron chi connectivity index (χ1n) is 9.07. The van der Waals surface area contributed by atoms with E-state index in [1.165, 1.54) is 29.6 Å². The number of ether oxygens (including phenoxy) is 1. The molecule has 2 aliphatic heterocycles. The number of methoxy groups -OCH3 is 1. The molecule has 10 heteroatoms. The number of hydrogen-bond acceptors (Lipinski definition) is 6. The van der Waals surface area contributed by atoms with Crippen molar-refractivity contribution < 1.29 is 32.2 Å². The number of carbonyl (C=O) groups excluding carboxylic acids is 2. The zero-order chi connectivity index (χ0) is 20.5. The van der Waals surface area contributed by atoms with Gasteiger partial charge in [-0.05, 0) is 37.5 Å². The first kappa shape index (κ1) is 20.8. The van der Waals surface area contributed by atoms with Crippen molar-refractivity contribution in [3.63, 3.8) is 0 Å². The van der Waals surface area contributed by atoms with E-state index in [0.717, 1.165) is 11.3 Å². The number of ketones is 1. The van der Waals surface area contributed by atoms with Gasteiger partial charge in [-0.25, -0.2) is 12.8 Å². The molecule has 1 amide bonds. The average molecular weight is 413 g/mol. The van der Waals surface area contributed by atoms with Crippen LogP contribution in [0.5, 0.6) is 0 Å². The Bertz CT molecular complexity index is 875. The van der Waals surface area contributed by atoms with Gasteiger partial charge in [0.25, 0.3) is 11.7 Å². The molecule has 154 valence electrons. The van der Waals surface area contributed by atoms with E-state index in [1.54, 1.807) is 0 Å². The highest BCUT2D eigenvalue weighted by atomic mass is 32.2. The second-order valence-corrected chi connectivity index (χ2v) is 8.79. The Balaban J connectivity index is 1.89. The van der Waals surface area contributed by atoms with E-state index in [1.807, 2.05) is 0 Å². The van der Waals surface area contributed by atoms with Crippen molar-refractivity contribution in [2.45, 2.75) is 36.4 Å². The second kappa shape index (κ2) is 8.24. The molecule has 1 saturated heterocycles. The summed E-state index contributed by atoms with van der Waals surface area (Å²) in [5.74, 6) is -1.64. The fraction of sp³-hybridized carbons (Fsp3) is 0.556. The van der Waals surface area contributed by atoms with Crippen molar-refractivity contribution in [3.05, 3.63) is 23.8 Å². The highest BCUT2D eigenvalue weighted by molar-refractivity contribution is 7.89. The van der Waals surface area contributed by atoms with Gasteiger partial charge in [-0.1, -0.05) is 0 Å². The Morgan fingerprint density at radius 2 is 2.11 bits per heavy atom. The summed E-state index contributed by atoms with van der Waals surface area (Å²) in [6.07, 6.45) is -0.210. The van der Waals surface area contributed by atoms with E-state index in [2.05, 4.69) is 0 Å². The summed E-state index contributed by atoms with van der Waals surface area (Å²) in [4.78, 5) is 25.6. The lowest BCUT2D eigenvalue weighted by Crippen LogP contribution is -2.38. The zero-order valence-corrected chi connectivity index (χ0v) is 16.3. The summed E-state index contributed by atoms with van der Waals surface area (Å²) < 4.78 is 45.8. The highest BCUT2D eigenvalue weighted by Gasteiger charge is 2.39. The predicted molar refractivity (Wildman–Crippen MR) is 98.5 cm³/mol. The van der Waals surface area contributed by atoms with Gasteiger partial charge < -0.3 is 14.7 Å². The Morgan fingerprint density at radius 1 is 1.36 bits per heavy atom. The molecule has 0 aliphatic carbocycles. The van der Waals surface area contributed by atoms with E-state index < -0.39 is 34.5 Å². The first-order chi connectivity index (χ1) is 13.3. The third-order valence-electron chi connectivity index (χ3n) is 5.10. The van der Waals surface area contributed by atoms with Crippen LogP contribution in [0.25, 0.3) is 0 Å². The number of rotatable bonds is 8. The lowest BCUT2D eigenvalue weighted by atomic mass is 10.1. The molecule has 0 radical (unpaired) electrons. The number of benzene rings is 1. The molecule has 2 aliphatic rings. The maximum Gasteiger partial charge on any atom is 0.299 e. The molecule has 0 spiro atoms. The molecular formula is C18H23FN2O6S. The zero-order valence-electron chi connectivity index (χ0n) is 15.5. The number of anilines is 1. The van der Waals surface area contributed by atoms with Crippen molar-refractivity contribution in [1.82, 2.24) is 4.31 Å². The summed E-state index contributed by atoms with van der Waals surface area (Å²) in [6.45, 7) is -0.0952. The van der Waals surface area contributed by atoms with Gasteiger partial charge in [-0.15, -0.1) is 0 Å². The van der Waals surface area contributed by atoms with Crippen LogP contribution in [-0.2, 0) is 19.6 Å². The Morgan fingerprint density at radius 3 is 2.79 bits per heavy atom. The van der Waals surface area contributed by atoms with Gasteiger partial charge in [0.2, 0.25) is 10.0 Å². The maximum absolute atomic E-state index is 13.3. The van der Waals surface area contributed by atoms with Crippen LogP contribution in [-0.4, -0.2) is 75.1 Å². The molecule has 1 fully saturated rings. The number of hydrogen-bond donors (Lipinski definition) is 1. The van der Waals surface area contributed by atoms with Gasteiger partial charge in [0.05, 0.1) is 29.4 Å². The Labute approximate surface area is 162 Å². The number of aliphatic hydroxyl groups excluding tert-OH is 1. The fourth-order valence-corrected chi connectivity index (χ4v) is 5.35.